The van der Waals surface area contributed by atoms with E-state index in [9.17, 15) is 0 Å². The summed E-state index contributed by atoms with van der Waals surface area (Å²) in [5, 5.41) is 0. The quantitative estimate of drug-likeness (QED) is 0.754. The molecule has 0 amide bonds. The predicted molar refractivity (Wildman–Crippen MR) is 63.8 cm³/mol. The van der Waals surface area contributed by atoms with Crippen LogP contribution in [0.15, 0.2) is 4.99 Å². The van der Waals surface area contributed by atoms with E-state index in [-0.39, 0.29) is 0 Å². The van der Waals surface area contributed by atoms with Gasteiger partial charge in [-0.2, -0.15) is 0 Å². The largest absolute Gasteiger partial charge is 0.370 e. The fraction of sp³-hybridized carbons (Fsp3) is 0.917. The third-order valence-electron chi connectivity index (χ3n) is 4.08. The molecule has 1 saturated carbocycles. The molecule has 0 radical (unpaired) electrons. The summed E-state index contributed by atoms with van der Waals surface area (Å²) < 4.78 is 0. The molecule has 0 spiro atoms. The molecule has 15 heavy (non-hydrogen) atoms. The van der Waals surface area contributed by atoms with Crippen molar-refractivity contribution in [2.24, 2.45) is 22.6 Å². The van der Waals surface area contributed by atoms with Gasteiger partial charge in [0.2, 0.25) is 0 Å². The second kappa shape index (κ2) is 4.42. The first-order valence-electron chi connectivity index (χ1n) is 6.29. The van der Waals surface area contributed by atoms with Gasteiger partial charge in [0.1, 0.15) is 0 Å². The van der Waals surface area contributed by atoms with Crippen molar-refractivity contribution in [3.8, 4) is 0 Å². The zero-order chi connectivity index (χ0) is 10.8. The summed E-state index contributed by atoms with van der Waals surface area (Å²) in [5.41, 5.74) is 5.89. The lowest BCUT2D eigenvalue weighted by molar-refractivity contribution is 0.184. The fourth-order valence-corrected chi connectivity index (χ4v) is 3.02. The molecule has 3 nitrogen and oxygen atoms in total. The van der Waals surface area contributed by atoms with Gasteiger partial charge in [0, 0.05) is 6.54 Å². The number of likely N-dealkylation sites (N-methyl/N-ethyl adjacent to an activating group) is 1. The first kappa shape index (κ1) is 10.8. The zero-order valence-corrected chi connectivity index (χ0v) is 9.95. The Morgan fingerprint density at radius 2 is 2.00 bits per heavy atom. The molecule has 3 heteroatoms. The molecule has 1 heterocycles. The molecule has 2 rings (SSSR count). The normalized spacial score (nSPS) is 36.8. The highest BCUT2D eigenvalue weighted by Gasteiger charge is 2.33. The van der Waals surface area contributed by atoms with Crippen molar-refractivity contribution in [3.05, 3.63) is 0 Å². The number of guanidine groups is 1. The Morgan fingerprint density at radius 3 is 2.60 bits per heavy atom. The second-order valence-corrected chi connectivity index (χ2v) is 5.07. The van der Waals surface area contributed by atoms with Crippen LogP contribution in [0, 0.1) is 11.8 Å². The van der Waals surface area contributed by atoms with Crippen LogP contribution in [-0.2, 0) is 0 Å². The molecule has 2 N–H and O–H groups in total. The van der Waals surface area contributed by atoms with E-state index in [0.29, 0.717) is 6.04 Å². The first-order chi connectivity index (χ1) is 7.22. The maximum Gasteiger partial charge on any atom is 0.191 e. The Hall–Kier alpha value is -0.730. The van der Waals surface area contributed by atoms with E-state index in [1.165, 1.54) is 25.7 Å². The molecule has 0 aromatic heterocycles. The van der Waals surface area contributed by atoms with Gasteiger partial charge >= 0.3 is 0 Å². The fourth-order valence-electron chi connectivity index (χ4n) is 3.02. The molecule has 0 aromatic carbocycles. The van der Waals surface area contributed by atoms with E-state index in [4.69, 9.17) is 5.73 Å². The van der Waals surface area contributed by atoms with Gasteiger partial charge in [-0.1, -0.05) is 19.8 Å². The first-order valence-corrected chi connectivity index (χ1v) is 6.29. The molecule has 2 aliphatic rings. The van der Waals surface area contributed by atoms with Crippen molar-refractivity contribution < 1.29 is 0 Å². The number of hydrogen-bond acceptors (Lipinski definition) is 3. The molecule has 86 valence electrons. The third kappa shape index (κ3) is 2.11. The van der Waals surface area contributed by atoms with Gasteiger partial charge in [0.05, 0.1) is 12.6 Å². The minimum absolute atomic E-state index is 0.600. The van der Waals surface area contributed by atoms with Crippen LogP contribution in [0.2, 0.25) is 0 Å². The van der Waals surface area contributed by atoms with Gasteiger partial charge in [0.25, 0.3) is 0 Å². The molecule has 0 saturated heterocycles. The van der Waals surface area contributed by atoms with Crippen molar-refractivity contribution in [3.63, 3.8) is 0 Å². The monoisotopic (exact) mass is 209 g/mol. The molecule has 1 unspecified atom stereocenters. The summed E-state index contributed by atoms with van der Waals surface area (Å²) in [7, 11) is 0. The van der Waals surface area contributed by atoms with E-state index < -0.39 is 0 Å². The Balaban J connectivity index is 1.94. The Kier molecular flexibility index (Phi) is 3.17. The van der Waals surface area contributed by atoms with Crippen molar-refractivity contribution in [1.29, 1.82) is 0 Å². The van der Waals surface area contributed by atoms with Gasteiger partial charge in [-0.05, 0) is 31.6 Å². The smallest absolute Gasteiger partial charge is 0.191 e. The second-order valence-electron chi connectivity index (χ2n) is 5.07. The molecular formula is C12H23N3. The number of hydrogen-bond donors (Lipinski definition) is 1. The van der Waals surface area contributed by atoms with Gasteiger partial charge < -0.3 is 10.6 Å². The van der Waals surface area contributed by atoms with Crippen LogP contribution in [0.3, 0.4) is 0 Å². The molecule has 1 aliphatic carbocycles. The lowest BCUT2D eigenvalue weighted by Gasteiger charge is -2.35. The lowest BCUT2D eigenvalue weighted by Crippen LogP contribution is -2.45. The summed E-state index contributed by atoms with van der Waals surface area (Å²) in [5.74, 6) is 2.52. The van der Waals surface area contributed by atoms with E-state index >= 15 is 0 Å². The van der Waals surface area contributed by atoms with E-state index in [2.05, 4.69) is 23.7 Å². The lowest BCUT2D eigenvalue weighted by atomic mass is 9.79. The minimum Gasteiger partial charge on any atom is -0.370 e. The van der Waals surface area contributed by atoms with Gasteiger partial charge in [0.15, 0.2) is 5.96 Å². The van der Waals surface area contributed by atoms with Crippen LogP contribution in [-0.4, -0.2) is 30.0 Å². The van der Waals surface area contributed by atoms with Gasteiger partial charge in [-0.3, -0.25) is 4.99 Å². The van der Waals surface area contributed by atoms with E-state index in [1.807, 2.05) is 0 Å². The van der Waals surface area contributed by atoms with Crippen LogP contribution in [0.5, 0.6) is 0 Å². The predicted octanol–water partition coefficient (Wildman–Crippen LogP) is 1.83. The summed E-state index contributed by atoms with van der Waals surface area (Å²) in [6, 6.07) is 0.600. The van der Waals surface area contributed by atoms with Crippen molar-refractivity contribution >= 4 is 5.96 Å². The highest BCUT2D eigenvalue weighted by molar-refractivity contribution is 5.80. The molecule has 1 atom stereocenters. The maximum atomic E-state index is 5.89. The molecular weight excluding hydrogens is 186 g/mol. The highest BCUT2D eigenvalue weighted by Crippen LogP contribution is 2.33. The van der Waals surface area contributed by atoms with E-state index in [1.54, 1.807) is 0 Å². The maximum absolute atomic E-state index is 5.89. The molecule has 1 fully saturated rings. The van der Waals surface area contributed by atoms with Crippen molar-refractivity contribution in [2.45, 2.75) is 45.6 Å². The number of aliphatic imine (C=N–C) groups is 1. The van der Waals surface area contributed by atoms with Crippen LogP contribution >= 0.6 is 0 Å². The number of nitrogens with zero attached hydrogens (tertiary/aromatic N) is 2. The number of nitrogens with two attached hydrogens (primary N) is 1. The van der Waals surface area contributed by atoms with Crippen LogP contribution in [0.25, 0.3) is 0 Å². The van der Waals surface area contributed by atoms with Crippen LogP contribution < -0.4 is 5.73 Å². The Labute approximate surface area is 92.7 Å². The van der Waals surface area contributed by atoms with Crippen LogP contribution in [0.1, 0.15) is 39.5 Å². The van der Waals surface area contributed by atoms with Crippen LogP contribution in [0.4, 0.5) is 0 Å². The standard InChI is InChI=1S/C12H23N3/c1-3-15-11(8-14-12(15)13)10-6-4-9(2)5-7-10/h9-11H,3-8H2,1-2H3,(H2,13,14). The third-order valence-corrected chi connectivity index (χ3v) is 4.08. The van der Waals surface area contributed by atoms with Gasteiger partial charge in [-0.25, -0.2) is 0 Å². The molecule has 0 bridgehead atoms. The average Bonchev–Trinajstić information content (AvgIpc) is 2.61. The SMILES string of the molecule is CCN1C(N)=NCC1C1CCC(C)CC1. The number of rotatable bonds is 2. The van der Waals surface area contributed by atoms with E-state index in [0.717, 1.165) is 30.9 Å². The Bertz CT molecular complexity index is 241. The topological polar surface area (TPSA) is 41.6 Å². The highest BCUT2D eigenvalue weighted by atomic mass is 15.3. The summed E-state index contributed by atoms with van der Waals surface area (Å²) in [4.78, 5) is 6.68. The van der Waals surface area contributed by atoms with Crippen molar-refractivity contribution in [1.82, 2.24) is 4.90 Å². The molecule has 1 aliphatic heterocycles. The Morgan fingerprint density at radius 1 is 1.33 bits per heavy atom. The van der Waals surface area contributed by atoms with Gasteiger partial charge in [-0.15, -0.1) is 0 Å². The summed E-state index contributed by atoms with van der Waals surface area (Å²) in [6.45, 7) is 6.48. The van der Waals surface area contributed by atoms with Crippen molar-refractivity contribution in [2.75, 3.05) is 13.1 Å². The minimum atomic E-state index is 0.600. The zero-order valence-electron chi connectivity index (χ0n) is 9.95. The molecule has 0 aromatic rings. The summed E-state index contributed by atoms with van der Waals surface area (Å²) in [6.07, 6.45) is 5.51. The average molecular weight is 209 g/mol. The summed E-state index contributed by atoms with van der Waals surface area (Å²) >= 11 is 0.